The Morgan fingerprint density at radius 2 is 2.36 bits per heavy atom. The van der Waals surface area contributed by atoms with Gasteiger partial charge in [-0.2, -0.15) is 0 Å². The Bertz CT molecular complexity index is 241. The summed E-state index contributed by atoms with van der Waals surface area (Å²) in [7, 11) is 0. The van der Waals surface area contributed by atoms with E-state index in [4.69, 9.17) is 5.11 Å². The van der Waals surface area contributed by atoms with Crippen molar-refractivity contribution in [2.75, 3.05) is 6.54 Å². The van der Waals surface area contributed by atoms with Crippen LogP contribution in [0, 0.1) is 5.92 Å². The Morgan fingerprint density at radius 1 is 1.57 bits per heavy atom. The van der Waals surface area contributed by atoms with E-state index in [1.807, 2.05) is 0 Å². The Balaban J connectivity index is 1.91. The third-order valence-electron chi connectivity index (χ3n) is 3.88. The Morgan fingerprint density at radius 3 is 2.93 bits per heavy atom. The molecule has 0 spiro atoms. The average Bonchev–Trinajstić information content (AvgIpc) is 2.72. The Kier molecular flexibility index (Phi) is 2.41. The second-order valence-corrected chi connectivity index (χ2v) is 4.68. The highest BCUT2D eigenvalue weighted by Crippen LogP contribution is 2.58. The van der Waals surface area contributed by atoms with E-state index in [2.05, 4.69) is 6.92 Å². The van der Waals surface area contributed by atoms with Crippen molar-refractivity contribution < 1.29 is 9.90 Å². The van der Waals surface area contributed by atoms with Gasteiger partial charge in [0.05, 0.1) is 0 Å². The van der Waals surface area contributed by atoms with Crippen LogP contribution in [0.15, 0.2) is 0 Å². The summed E-state index contributed by atoms with van der Waals surface area (Å²) in [6.45, 7) is 2.96. The summed E-state index contributed by atoms with van der Waals surface area (Å²) >= 11 is 0. The van der Waals surface area contributed by atoms with Gasteiger partial charge in [0, 0.05) is 12.1 Å². The van der Waals surface area contributed by atoms with Crippen LogP contribution in [0.2, 0.25) is 0 Å². The van der Waals surface area contributed by atoms with E-state index in [1.165, 1.54) is 19.3 Å². The molecule has 80 valence electrons. The zero-order valence-corrected chi connectivity index (χ0v) is 8.83. The highest BCUT2D eigenvalue weighted by molar-refractivity contribution is 5.68. The molecular formula is C11H19NO2. The molecule has 0 bridgehead atoms. The zero-order valence-electron chi connectivity index (χ0n) is 8.83. The number of rotatable bonds is 4. The highest BCUT2D eigenvalue weighted by Gasteiger charge is 2.62. The molecule has 2 atom stereocenters. The highest BCUT2D eigenvalue weighted by atomic mass is 16.4. The second kappa shape index (κ2) is 3.44. The number of likely N-dealkylation sites (tertiary alicyclic amines) is 1. The SMILES string of the molecule is CCCCCC12CC1CCN2C(=O)O. The summed E-state index contributed by atoms with van der Waals surface area (Å²) in [5.74, 6) is 0.690. The van der Waals surface area contributed by atoms with E-state index in [-0.39, 0.29) is 5.54 Å². The summed E-state index contributed by atoms with van der Waals surface area (Å²) in [4.78, 5) is 12.7. The lowest BCUT2D eigenvalue weighted by Gasteiger charge is -2.25. The van der Waals surface area contributed by atoms with E-state index < -0.39 is 6.09 Å². The minimum atomic E-state index is -0.707. The summed E-state index contributed by atoms with van der Waals surface area (Å²) in [5, 5.41) is 9.06. The number of carboxylic acid groups (broad SMARTS) is 1. The molecule has 3 heteroatoms. The molecule has 1 saturated carbocycles. The van der Waals surface area contributed by atoms with E-state index in [1.54, 1.807) is 4.90 Å². The van der Waals surface area contributed by atoms with Crippen LogP contribution in [0.1, 0.15) is 45.4 Å². The smallest absolute Gasteiger partial charge is 0.407 e. The van der Waals surface area contributed by atoms with Crippen LogP contribution in [0.4, 0.5) is 4.79 Å². The van der Waals surface area contributed by atoms with Gasteiger partial charge < -0.3 is 10.0 Å². The topological polar surface area (TPSA) is 40.5 Å². The molecule has 1 saturated heterocycles. The van der Waals surface area contributed by atoms with Gasteiger partial charge in [0.2, 0.25) is 0 Å². The standard InChI is InChI=1S/C11H19NO2/c1-2-3-4-6-11-8-9(11)5-7-12(11)10(13)14/h9H,2-8H2,1H3,(H,13,14). The molecule has 2 fully saturated rings. The molecule has 0 radical (unpaired) electrons. The van der Waals surface area contributed by atoms with Crippen LogP contribution in [0.5, 0.6) is 0 Å². The fourth-order valence-corrected chi connectivity index (χ4v) is 2.99. The van der Waals surface area contributed by atoms with Crippen molar-refractivity contribution in [1.29, 1.82) is 0 Å². The third-order valence-corrected chi connectivity index (χ3v) is 3.88. The molecule has 0 aromatic carbocycles. The van der Waals surface area contributed by atoms with Gasteiger partial charge in [-0.25, -0.2) is 4.79 Å². The summed E-state index contributed by atoms with van der Waals surface area (Å²) in [6, 6.07) is 0. The van der Waals surface area contributed by atoms with Gasteiger partial charge in [0.1, 0.15) is 0 Å². The van der Waals surface area contributed by atoms with Crippen LogP contribution in [0.25, 0.3) is 0 Å². The molecule has 14 heavy (non-hydrogen) atoms. The van der Waals surface area contributed by atoms with Crippen molar-refractivity contribution >= 4 is 6.09 Å². The molecule has 2 unspecified atom stereocenters. The fraction of sp³-hybridized carbons (Fsp3) is 0.909. The maximum absolute atomic E-state index is 11.0. The van der Waals surface area contributed by atoms with Crippen molar-refractivity contribution in [2.45, 2.75) is 51.0 Å². The van der Waals surface area contributed by atoms with Crippen molar-refractivity contribution in [3.05, 3.63) is 0 Å². The monoisotopic (exact) mass is 197 g/mol. The van der Waals surface area contributed by atoms with Crippen molar-refractivity contribution in [3.8, 4) is 0 Å². The van der Waals surface area contributed by atoms with Crippen molar-refractivity contribution in [2.24, 2.45) is 5.92 Å². The number of fused-ring (bicyclic) bond motifs is 1. The predicted molar refractivity (Wildman–Crippen MR) is 54.3 cm³/mol. The molecule has 1 aliphatic heterocycles. The molecule has 1 N–H and O–H groups in total. The summed E-state index contributed by atoms with van der Waals surface area (Å²) in [5.41, 5.74) is 0.0843. The van der Waals surface area contributed by atoms with Gasteiger partial charge in [-0.15, -0.1) is 0 Å². The third kappa shape index (κ3) is 1.39. The Labute approximate surface area is 85.1 Å². The first kappa shape index (κ1) is 9.81. The lowest BCUT2D eigenvalue weighted by Crippen LogP contribution is -2.38. The molecule has 2 rings (SSSR count). The normalized spacial score (nSPS) is 34.4. The number of carbonyl (C=O) groups is 1. The number of piperidine rings is 1. The van der Waals surface area contributed by atoms with Gasteiger partial charge in [0.15, 0.2) is 0 Å². The summed E-state index contributed by atoms with van der Waals surface area (Å²) < 4.78 is 0. The van der Waals surface area contributed by atoms with Crippen LogP contribution in [-0.4, -0.2) is 28.2 Å². The van der Waals surface area contributed by atoms with E-state index >= 15 is 0 Å². The minimum Gasteiger partial charge on any atom is -0.465 e. The number of nitrogens with zero attached hydrogens (tertiary/aromatic N) is 1. The number of hydrogen-bond donors (Lipinski definition) is 1. The lowest BCUT2D eigenvalue weighted by molar-refractivity contribution is 0.124. The Hall–Kier alpha value is -0.730. The van der Waals surface area contributed by atoms with Crippen LogP contribution < -0.4 is 0 Å². The number of hydrogen-bond acceptors (Lipinski definition) is 1. The molecule has 1 aliphatic carbocycles. The first-order chi connectivity index (χ1) is 6.70. The molecule has 1 heterocycles. The molecule has 2 aliphatic rings. The summed E-state index contributed by atoms with van der Waals surface area (Å²) in [6.07, 6.45) is 6.26. The van der Waals surface area contributed by atoms with Gasteiger partial charge in [-0.3, -0.25) is 0 Å². The lowest BCUT2D eigenvalue weighted by atomic mass is 10.1. The minimum absolute atomic E-state index is 0.0843. The van der Waals surface area contributed by atoms with Crippen molar-refractivity contribution in [3.63, 3.8) is 0 Å². The second-order valence-electron chi connectivity index (χ2n) is 4.68. The van der Waals surface area contributed by atoms with Gasteiger partial charge in [-0.05, 0) is 25.2 Å². The van der Waals surface area contributed by atoms with Crippen LogP contribution in [0.3, 0.4) is 0 Å². The van der Waals surface area contributed by atoms with E-state index in [0.717, 1.165) is 25.8 Å². The fourth-order valence-electron chi connectivity index (χ4n) is 2.99. The quantitative estimate of drug-likeness (QED) is 0.704. The van der Waals surface area contributed by atoms with E-state index in [0.29, 0.717) is 5.92 Å². The van der Waals surface area contributed by atoms with Crippen LogP contribution >= 0.6 is 0 Å². The van der Waals surface area contributed by atoms with Gasteiger partial charge in [-0.1, -0.05) is 26.2 Å². The first-order valence-corrected chi connectivity index (χ1v) is 5.71. The first-order valence-electron chi connectivity index (χ1n) is 5.71. The molecule has 0 aromatic heterocycles. The molecule has 3 nitrogen and oxygen atoms in total. The molecule has 1 amide bonds. The number of unbranched alkanes of at least 4 members (excludes halogenated alkanes) is 2. The maximum Gasteiger partial charge on any atom is 0.407 e. The maximum atomic E-state index is 11.0. The average molecular weight is 197 g/mol. The predicted octanol–water partition coefficient (Wildman–Crippen LogP) is 2.71. The molecule has 0 aromatic rings. The van der Waals surface area contributed by atoms with Gasteiger partial charge in [0.25, 0.3) is 0 Å². The van der Waals surface area contributed by atoms with Crippen molar-refractivity contribution in [1.82, 2.24) is 4.90 Å². The van der Waals surface area contributed by atoms with E-state index in [9.17, 15) is 4.79 Å². The molecular weight excluding hydrogens is 178 g/mol. The van der Waals surface area contributed by atoms with Crippen LogP contribution in [-0.2, 0) is 0 Å². The zero-order chi connectivity index (χ0) is 10.2. The van der Waals surface area contributed by atoms with Gasteiger partial charge >= 0.3 is 6.09 Å². The largest absolute Gasteiger partial charge is 0.465 e. The number of amides is 1.